The first-order chi connectivity index (χ1) is 15.7. The van der Waals surface area contributed by atoms with Crippen LogP contribution in [0.5, 0.6) is 0 Å². The molecule has 0 fully saturated rings. The molecule has 0 amide bonds. The maximum absolute atomic E-state index is 13.8. The van der Waals surface area contributed by atoms with Crippen molar-refractivity contribution >= 4 is 21.8 Å². The number of nitrogens with zero attached hydrogens (tertiary/aromatic N) is 5. The van der Waals surface area contributed by atoms with E-state index >= 15 is 0 Å². The third-order valence-electron chi connectivity index (χ3n) is 5.63. The van der Waals surface area contributed by atoms with Crippen LogP contribution in [0.2, 0.25) is 0 Å². The number of pyridine rings is 3. The number of halogens is 1. The van der Waals surface area contributed by atoms with E-state index in [1.807, 2.05) is 48.3 Å². The molecule has 0 saturated carbocycles. The number of H-pyrrole nitrogens is 1. The number of hydrogen-bond donors (Lipinski definition) is 1. The molecular formula is C25H17FN6. The smallest absolute Gasteiger partial charge is 0.123 e. The lowest BCUT2D eigenvalue weighted by molar-refractivity contribution is 0.628. The summed E-state index contributed by atoms with van der Waals surface area (Å²) >= 11 is 0. The lowest BCUT2D eigenvalue weighted by Gasteiger charge is -2.02. The molecule has 6 rings (SSSR count). The second-order valence-corrected chi connectivity index (χ2v) is 7.64. The zero-order valence-corrected chi connectivity index (χ0v) is 17.1. The number of aromatic amines is 1. The van der Waals surface area contributed by atoms with Gasteiger partial charge in [-0.05, 0) is 42.0 Å². The maximum atomic E-state index is 13.8. The van der Waals surface area contributed by atoms with Crippen molar-refractivity contribution in [3.63, 3.8) is 0 Å². The molecule has 0 atom stereocenters. The van der Waals surface area contributed by atoms with E-state index < -0.39 is 0 Å². The molecule has 0 aliphatic carbocycles. The van der Waals surface area contributed by atoms with Gasteiger partial charge in [0.1, 0.15) is 11.5 Å². The van der Waals surface area contributed by atoms with Crippen molar-refractivity contribution < 1.29 is 4.39 Å². The van der Waals surface area contributed by atoms with Gasteiger partial charge >= 0.3 is 0 Å². The highest BCUT2D eigenvalue weighted by molar-refractivity contribution is 6.01. The molecule has 0 spiro atoms. The standard InChI is InChI=1S/C25H17FN6/c1-32-24-14-29-21(16-5-3-7-27-11-16)10-19(24)25(31-32)22-9-18-20(12-28-13-23(18)30-22)15-4-2-6-17(26)8-15/h2-14,30H,1H3. The fraction of sp³-hybridized carbons (Fsp3) is 0.0400. The number of benzene rings is 1. The van der Waals surface area contributed by atoms with E-state index in [1.54, 1.807) is 30.9 Å². The van der Waals surface area contributed by atoms with Gasteiger partial charge in [0.15, 0.2) is 0 Å². The number of aryl methyl sites for hydroxylation is 1. The molecule has 0 saturated heterocycles. The second-order valence-electron chi connectivity index (χ2n) is 7.64. The van der Waals surface area contributed by atoms with Gasteiger partial charge in [-0.15, -0.1) is 0 Å². The van der Waals surface area contributed by atoms with Gasteiger partial charge in [-0.1, -0.05) is 12.1 Å². The molecule has 0 bridgehead atoms. The normalized spacial score (nSPS) is 11.4. The van der Waals surface area contributed by atoms with Crippen LogP contribution in [0.3, 0.4) is 0 Å². The summed E-state index contributed by atoms with van der Waals surface area (Å²) in [6, 6.07) is 14.5. The molecular weight excluding hydrogens is 403 g/mol. The highest BCUT2D eigenvalue weighted by Crippen LogP contribution is 2.34. The van der Waals surface area contributed by atoms with Crippen LogP contribution in [0.15, 0.2) is 79.5 Å². The molecule has 0 radical (unpaired) electrons. The fourth-order valence-electron chi connectivity index (χ4n) is 4.09. The van der Waals surface area contributed by atoms with Gasteiger partial charge in [-0.3, -0.25) is 19.6 Å². The van der Waals surface area contributed by atoms with Crippen LogP contribution < -0.4 is 0 Å². The van der Waals surface area contributed by atoms with Crippen LogP contribution in [0, 0.1) is 5.82 Å². The topological polar surface area (TPSA) is 72.3 Å². The Morgan fingerprint density at radius 2 is 1.78 bits per heavy atom. The molecule has 7 heteroatoms. The maximum Gasteiger partial charge on any atom is 0.123 e. The van der Waals surface area contributed by atoms with Crippen LogP contribution in [-0.4, -0.2) is 29.7 Å². The number of fused-ring (bicyclic) bond motifs is 2. The Morgan fingerprint density at radius 1 is 0.875 bits per heavy atom. The monoisotopic (exact) mass is 420 g/mol. The van der Waals surface area contributed by atoms with E-state index in [1.165, 1.54) is 12.1 Å². The lowest BCUT2D eigenvalue weighted by Crippen LogP contribution is -1.90. The summed E-state index contributed by atoms with van der Waals surface area (Å²) in [5.74, 6) is -0.276. The predicted octanol–water partition coefficient (Wildman–Crippen LogP) is 5.38. The summed E-state index contributed by atoms with van der Waals surface area (Å²) in [5, 5.41) is 6.69. The van der Waals surface area contributed by atoms with Gasteiger partial charge in [-0.2, -0.15) is 5.10 Å². The Balaban J connectivity index is 1.54. The van der Waals surface area contributed by atoms with Crippen LogP contribution >= 0.6 is 0 Å². The lowest BCUT2D eigenvalue weighted by atomic mass is 10.0. The van der Waals surface area contributed by atoms with E-state index in [0.29, 0.717) is 0 Å². The number of aromatic nitrogens is 6. The minimum Gasteiger partial charge on any atom is -0.352 e. The van der Waals surface area contributed by atoms with Crippen molar-refractivity contribution in [1.29, 1.82) is 0 Å². The molecule has 5 heterocycles. The Labute approximate surface area is 182 Å². The van der Waals surface area contributed by atoms with Crippen molar-refractivity contribution in [2.45, 2.75) is 0 Å². The summed E-state index contributed by atoms with van der Waals surface area (Å²) in [6.07, 6.45) is 8.90. The predicted molar refractivity (Wildman–Crippen MR) is 122 cm³/mol. The third kappa shape index (κ3) is 2.94. The molecule has 1 aromatic carbocycles. The Kier molecular flexibility index (Phi) is 4.07. The molecule has 0 unspecified atom stereocenters. The highest BCUT2D eigenvalue weighted by Gasteiger charge is 2.16. The molecule has 0 aliphatic rings. The molecule has 0 aliphatic heterocycles. The Bertz CT molecular complexity index is 1600. The summed E-state index contributed by atoms with van der Waals surface area (Å²) in [6.45, 7) is 0. The first-order valence-corrected chi connectivity index (χ1v) is 10.1. The number of rotatable bonds is 3. The minimum atomic E-state index is -0.276. The van der Waals surface area contributed by atoms with E-state index in [0.717, 1.165) is 55.6 Å². The van der Waals surface area contributed by atoms with Gasteiger partial charge in [0.25, 0.3) is 0 Å². The second kappa shape index (κ2) is 7.09. The Hall–Kier alpha value is -4.39. The summed E-state index contributed by atoms with van der Waals surface area (Å²) in [5.41, 5.74) is 6.88. The van der Waals surface area contributed by atoms with Crippen molar-refractivity contribution in [2.24, 2.45) is 7.05 Å². The van der Waals surface area contributed by atoms with Gasteiger partial charge in [0.05, 0.1) is 34.8 Å². The van der Waals surface area contributed by atoms with Crippen LogP contribution in [0.25, 0.3) is 55.6 Å². The molecule has 5 aromatic heterocycles. The van der Waals surface area contributed by atoms with Gasteiger partial charge in [0.2, 0.25) is 0 Å². The van der Waals surface area contributed by atoms with Crippen LogP contribution in [0.4, 0.5) is 4.39 Å². The number of hydrogen-bond acceptors (Lipinski definition) is 4. The van der Waals surface area contributed by atoms with Gasteiger partial charge in [0, 0.05) is 47.5 Å². The molecule has 154 valence electrons. The van der Waals surface area contributed by atoms with Gasteiger partial charge < -0.3 is 4.98 Å². The van der Waals surface area contributed by atoms with E-state index in [-0.39, 0.29) is 5.82 Å². The van der Waals surface area contributed by atoms with Crippen molar-refractivity contribution in [3.8, 4) is 33.8 Å². The molecule has 32 heavy (non-hydrogen) atoms. The highest BCUT2D eigenvalue weighted by atomic mass is 19.1. The zero-order chi connectivity index (χ0) is 21.7. The molecule has 1 N–H and O–H groups in total. The van der Waals surface area contributed by atoms with Crippen molar-refractivity contribution in [3.05, 3.63) is 85.3 Å². The SMILES string of the molecule is Cn1nc(-c2cc3c(-c4cccc(F)c4)cncc3[nH]2)c2cc(-c3cccnc3)ncc21. The van der Waals surface area contributed by atoms with Crippen LogP contribution in [0.1, 0.15) is 0 Å². The van der Waals surface area contributed by atoms with Crippen molar-refractivity contribution in [1.82, 2.24) is 29.7 Å². The van der Waals surface area contributed by atoms with E-state index in [2.05, 4.69) is 19.9 Å². The first-order valence-electron chi connectivity index (χ1n) is 10.1. The summed E-state index contributed by atoms with van der Waals surface area (Å²) < 4.78 is 15.6. The first kappa shape index (κ1) is 18.4. The average molecular weight is 420 g/mol. The summed E-state index contributed by atoms with van der Waals surface area (Å²) in [4.78, 5) is 16.6. The Morgan fingerprint density at radius 3 is 2.62 bits per heavy atom. The van der Waals surface area contributed by atoms with Gasteiger partial charge in [-0.25, -0.2) is 4.39 Å². The third-order valence-corrected chi connectivity index (χ3v) is 5.63. The van der Waals surface area contributed by atoms with Crippen molar-refractivity contribution in [2.75, 3.05) is 0 Å². The fourth-order valence-corrected chi connectivity index (χ4v) is 4.09. The quantitative estimate of drug-likeness (QED) is 0.417. The molecule has 6 aromatic rings. The summed E-state index contributed by atoms with van der Waals surface area (Å²) in [7, 11) is 1.90. The average Bonchev–Trinajstić information content (AvgIpc) is 3.40. The molecule has 6 nitrogen and oxygen atoms in total. The number of nitrogens with one attached hydrogen (secondary N) is 1. The van der Waals surface area contributed by atoms with E-state index in [9.17, 15) is 4.39 Å². The van der Waals surface area contributed by atoms with E-state index in [4.69, 9.17) is 5.10 Å². The largest absolute Gasteiger partial charge is 0.352 e. The zero-order valence-electron chi connectivity index (χ0n) is 17.1. The minimum absolute atomic E-state index is 0.276. The van der Waals surface area contributed by atoms with Crippen LogP contribution in [-0.2, 0) is 7.05 Å².